The molecule has 8 heteroatoms. The van der Waals surface area contributed by atoms with Crippen molar-refractivity contribution in [2.45, 2.75) is 31.1 Å². The molecule has 1 aliphatic rings. The third-order valence-electron chi connectivity index (χ3n) is 4.33. The van der Waals surface area contributed by atoms with E-state index in [4.69, 9.17) is 27.9 Å². The van der Waals surface area contributed by atoms with Crippen molar-refractivity contribution in [3.63, 3.8) is 0 Å². The van der Waals surface area contributed by atoms with Crippen molar-refractivity contribution in [1.29, 1.82) is 0 Å². The van der Waals surface area contributed by atoms with Gasteiger partial charge in [0.1, 0.15) is 0 Å². The lowest BCUT2D eigenvalue weighted by Crippen LogP contribution is -2.17. The number of nitrogens with zero attached hydrogens (tertiary/aromatic N) is 3. The van der Waals surface area contributed by atoms with Crippen molar-refractivity contribution in [3.05, 3.63) is 58.1 Å². The summed E-state index contributed by atoms with van der Waals surface area (Å²) >= 11 is 14.2. The number of fused-ring (bicyclic) bond motifs is 3. The SMILES string of the molecule is CCCCSc1nnc2c(n1)OC(c1cccc(Cl)c1Cl)Nc1ccccc1-2. The lowest BCUT2D eigenvalue weighted by atomic mass is 10.1. The molecule has 1 aromatic heterocycles. The molecule has 0 saturated carbocycles. The Morgan fingerprint density at radius 2 is 1.96 bits per heavy atom. The molecular formula is C20H18Cl2N4OS. The predicted octanol–water partition coefficient (Wildman–Crippen LogP) is 6.24. The zero-order valence-electron chi connectivity index (χ0n) is 15.2. The topological polar surface area (TPSA) is 59.9 Å². The highest BCUT2D eigenvalue weighted by molar-refractivity contribution is 7.99. The molecule has 1 aliphatic heterocycles. The Hall–Kier alpha value is -2.02. The average molecular weight is 433 g/mol. The minimum Gasteiger partial charge on any atom is -0.448 e. The number of hydrogen-bond donors (Lipinski definition) is 1. The fourth-order valence-corrected chi connectivity index (χ4v) is 4.15. The summed E-state index contributed by atoms with van der Waals surface area (Å²) in [5.41, 5.74) is 3.08. The number of aromatic nitrogens is 3. The number of para-hydroxylation sites is 1. The zero-order valence-corrected chi connectivity index (χ0v) is 17.5. The van der Waals surface area contributed by atoms with Crippen LogP contribution in [0.4, 0.5) is 5.69 Å². The minimum atomic E-state index is -0.557. The van der Waals surface area contributed by atoms with Gasteiger partial charge in [0.05, 0.1) is 10.0 Å². The Labute approximate surface area is 177 Å². The maximum Gasteiger partial charge on any atom is 0.247 e. The average Bonchev–Trinajstić information content (AvgIpc) is 2.86. The van der Waals surface area contributed by atoms with Gasteiger partial charge in [-0.25, -0.2) is 0 Å². The summed E-state index contributed by atoms with van der Waals surface area (Å²) in [6.45, 7) is 2.15. The van der Waals surface area contributed by atoms with Gasteiger partial charge in [0, 0.05) is 22.6 Å². The van der Waals surface area contributed by atoms with Gasteiger partial charge in [-0.2, -0.15) is 4.98 Å². The van der Waals surface area contributed by atoms with Crippen LogP contribution in [0.25, 0.3) is 11.3 Å². The highest BCUT2D eigenvalue weighted by Gasteiger charge is 2.27. The molecule has 2 heterocycles. The Morgan fingerprint density at radius 3 is 2.82 bits per heavy atom. The van der Waals surface area contributed by atoms with Gasteiger partial charge >= 0.3 is 0 Å². The van der Waals surface area contributed by atoms with Crippen LogP contribution < -0.4 is 10.1 Å². The van der Waals surface area contributed by atoms with Gasteiger partial charge in [-0.15, -0.1) is 10.2 Å². The van der Waals surface area contributed by atoms with Gasteiger partial charge in [-0.05, 0) is 18.6 Å². The molecule has 0 radical (unpaired) electrons. The van der Waals surface area contributed by atoms with Crippen LogP contribution in [-0.4, -0.2) is 20.9 Å². The first-order chi connectivity index (χ1) is 13.7. The van der Waals surface area contributed by atoms with E-state index >= 15 is 0 Å². The quantitative estimate of drug-likeness (QED) is 0.380. The van der Waals surface area contributed by atoms with Crippen molar-refractivity contribution in [2.75, 3.05) is 11.1 Å². The van der Waals surface area contributed by atoms with Gasteiger partial charge in [-0.3, -0.25) is 0 Å². The van der Waals surface area contributed by atoms with E-state index in [1.165, 1.54) is 0 Å². The number of hydrogen-bond acceptors (Lipinski definition) is 6. The van der Waals surface area contributed by atoms with Crippen molar-refractivity contribution < 1.29 is 4.74 Å². The number of nitrogens with one attached hydrogen (secondary N) is 1. The minimum absolute atomic E-state index is 0.424. The van der Waals surface area contributed by atoms with Crippen molar-refractivity contribution >= 4 is 40.7 Å². The number of halogens is 2. The summed E-state index contributed by atoms with van der Waals surface area (Å²) in [6, 6.07) is 13.3. The molecular weight excluding hydrogens is 415 g/mol. The summed E-state index contributed by atoms with van der Waals surface area (Å²) < 4.78 is 6.23. The third-order valence-corrected chi connectivity index (χ3v) is 6.08. The summed E-state index contributed by atoms with van der Waals surface area (Å²) in [5.74, 6) is 1.36. The van der Waals surface area contributed by atoms with E-state index in [0.717, 1.165) is 35.4 Å². The van der Waals surface area contributed by atoms with Gasteiger partial charge < -0.3 is 10.1 Å². The van der Waals surface area contributed by atoms with E-state index in [-0.39, 0.29) is 0 Å². The normalized spacial score (nSPS) is 15.0. The van der Waals surface area contributed by atoms with Crippen LogP contribution in [0.15, 0.2) is 47.6 Å². The van der Waals surface area contributed by atoms with Gasteiger partial charge in [0.15, 0.2) is 11.9 Å². The Morgan fingerprint density at radius 1 is 1.11 bits per heavy atom. The van der Waals surface area contributed by atoms with E-state index in [1.54, 1.807) is 17.8 Å². The first-order valence-corrected chi connectivity index (χ1v) is 10.8. The van der Waals surface area contributed by atoms with Crippen molar-refractivity contribution in [3.8, 4) is 17.1 Å². The largest absolute Gasteiger partial charge is 0.448 e. The van der Waals surface area contributed by atoms with Crippen molar-refractivity contribution in [1.82, 2.24) is 15.2 Å². The zero-order chi connectivity index (χ0) is 19.5. The summed E-state index contributed by atoms with van der Waals surface area (Å²) in [6.07, 6.45) is 1.66. The maximum atomic E-state index is 6.45. The first-order valence-electron chi connectivity index (χ1n) is 9.01. The summed E-state index contributed by atoms with van der Waals surface area (Å²) in [7, 11) is 0. The highest BCUT2D eigenvalue weighted by atomic mass is 35.5. The van der Waals surface area contributed by atoms with Crippen LogP contribution in [0, 0.1) is 0 Å². The molecule has 28 heavy (non-hydrogen) atoms. The van der Waals surface area contributed by atoms with E-state index in [9.17, 15) is 0 Å². The summed E-state index contributed by atoms with van der Waals surface area (Å²) in [5, 5.41) is 13.6. The molecule has 144 valence electrons. The Bertz CT molecular complexity index is 1000. The van der Waals surface area contributed by atoms with E-state index < -0.39 is 6.23 Å². The lowest BCUT2D eigenvalue weighted by molar-refractivity contribution is 0.225. The molecule has 1 atom stereocenters. The van der Waals surface area contributed by atoms with E-state index in [2.05, 4.69) is 27.4 Å². The molecule has 4 rings (SSSR count). The van der Waals surface area contributed by atoms with Crippen LogP contribution in [-0.2, 0) is 0 Å². The molecule has 0 bridgehead atoms. The number of rotatable bonds is 5. The Balaban J connectivity index is 1.77. The van der Waals surface area contributed by atoms with Gasteiger partial charge in [0.25, 0.3) is 0 Å². The fourth-order valence-electron chi connectivity index (χ4n) is 2.88. The molecule has 0 saturated heterocycles. The first kappa shape index (κ1) is 19.3. The van der Waals surface area contributed by atoms with Crippen LogP contribution in [0.5, 0.6) is 5.88 Å². The number of thioether (sulfide) groups is 1. The predicted molar refractivity (Wildman–Crippen MR) is 114 cm³/mol. The van der Waals surface area contributed by atoms with Crippen molar-refractivity contribution in [2.24, 2.45) is 0 Å². The molecule has 1 unspecified atom stereocenters. The fraction of sp³-hybridized carbons (Fsp3) is 0.250. The Kier molecular flexibility index (Phi) is 5.90. The molecule has 0 aliphatic carbocycles. The number of ether oxygens (including phenoxy) is 1. The van der Waals surface area contributed by atoms with Crippen LogP contribution in [0.1, 0.15) is 31.6 Å². The second-order valence-electron chi connectivity index (χ2n) is 6.28. The van der Waals surface area contributed by atoms with Gasteiger partial charge in [-0.1, -0.05) is 78.6 Å². The van der Waals surface area contributed by atoms with Gasteiger partial charge in [0.2, 0.25) is 11.0 Å². The maximum absolute atomic E-state index is 6.45. The molecule has 2 aromatic carbocycles. The van der Waals surface area contributed by atoms with E-state index in [0.29, 0.717) is 26.8 Å². The molecule has 0 fully saturated rings. The second kappa shape index (κ2) is 8.55. The summed E-state index contributed by atoms with van der Waals surface area (Å²) in [4.78, 5) is 4.62. The second-order valence-corrected chi connectivity index (χ2v) is 8.13. The monoisotopic (exact) mass is 432 g/mol. The molecule has 0 spiro atoms. The highest BCUT2D eigenvalue weighted by Crippen LogP contribution is 2.41. The third kappa shape index (κ3) is 3.90. The molecule has 0 amide bonds. The lowest BCUT2D eigenvalue weighted by Gasteiger charge is -2.20. The van der Waals surface area contributed by atoms with Crippen LogP contribution >= 0.6 is 35.0 Å². The number of benzene rings is 2. The number of unbranched alkanes of at least 4 members (excludes halogenated alkanes) is 1. The number of anilines is 1. The van der Waals surface area contributed by atoms with Crippen LogP contribution in [0.3, 0.4) is 0 Å². The van der Waals surface area contributed by atoms with E-state index in [1.807, 2.05) is 36.4 Å². The molecule has 1 N–H and O–H groups in total. The molecule has 3 aromatic rings. The smallest absolute Gasteiger partial charge is 0.247 e. The molecule has 5 nitrogen and oxygen atoms in total. The standard InChI is InChI=1S/C20H18Cl2N4OS/c1-2-3-11-28-20-24-19-17(25-26-20)12-7-4-5-10-15(12)23-18(27-19)13-8-6-9-14(21)16(13)22/h4-10,18,23H,2-3,11H2,1H3. The van der Waals surface area contributed by atoms with Crippen LogP contribution in [0.2, 0.25) is 10.0 Å².